The van der Waals surface area contributed by atoms with Gasteiger partial charge in [0.15, 0.2) is 11.5 Å². The molecule has 1 aliphatic heterocycles. The van der Waals surface area contributed by atoms with E-state index in [-0.39, 0.29) is 0 Å². The molecule has 0 amide bonds. The van der Waals surface area contributed by atoms with Crippen molar-refractivity contribution in [3.63, 3.8) is 0 Å². The number of fused-ring (bicyclic) bond motifs is 1. The molecule has 1 aliphatic rings. The number of nitrogens with zero attached hydrogens (tertiary/aromatic N) is 1. The Morgan fingerprint density at radius 1 is 1.28 bits per heavy atom. The van der Waals surface area contributed by atoms with Crippen molar-refractivity contribution in [2.45, 2.75) is 6.54 Å². The van der Waals surface area contributed by atoms with Gasteiger partial charge in [-0.3, -0.25) is 4.98 Å². The molecule has 3 rings (SSSR count). The van der Waals surface area contributed by atoms with Crippen LogP contribution in [-0.2, 0) is 6.54 Å². The first-order valence-electron chi connectivity index (χ1n) is 5.63. The molecule has 0 atom stereocenters. The van der Waals surface area contributed by atoms with Crippen molar-refractivity contribution < 1.29 is 9.47 Å². The molecular formula is C12H13N3O2S. The van der Waals surface area contributed by atoms with Crippen molar-refractivity contribution in [3.8, 4) is 11.5 Å². The van der Waals surface area contributed by atoms with Crippen LogP contribution >= 0.6 is 11.3 Å². The zero-order chi connectivity index (χ0) is 12.4. The van der Waals surface area contributed by atoms with Gasteiger partial charge in [-0.2, -0.15) is 0 Å². The number of benzene rings is 1. The van der Waals surface area contributed by atoms with Crippen molar-refractivity contribution in [2.75, 3.05) is 24.3 Å². The second-order valence-corrected chi connectivity index (χ2v) is 4.88. The third-order valence-corrected chi connectivity index (χ3v) is 3.43. The first-order chi connectivity index (χ1) is 8.83. The summed E-state index contributed by atoms with van der Waals surface area (Å²) in [7, 11) is 0. The van der Waals surface area contributed by atoms with Gasteiger partial charge in [0, 0.05) is 23.2 Å². The largest absolute Gasteiger partial charge is 0.486 e. The number of nitrogens with two attached hydrogens (primary N) is 1. The Kier molecular flexibility index (Phi) is 2.93. The van der Waals surface area contributed by atoms with E-state index < -0.39 is 0 Å². The highest BCUT2D eigenvalue weighted by atomic mass is 32.1. The second kappa shape index (κ2) is 4.73. The number of anilines is 2. The summed E-state index contributed by atoms with van der Waals surface area (Å²) in [5, 5.41) is 3.28. The molecule has 0 aliphatic carbocycles. The van der Waals surface area contributed by atoms with Crippen molar-refractivity contribution in [2.24, 2.45) is 0 Å². The van der Waals surface area contributed by atoms with Gasteiger partial charge in [-0.15, -0.1) is 11.3 Å². The number of aromatic nitrogens is 1. The van der Waals surface area contributed by atoms with E-state index in [4.69, 9.17) is 15.2 Å². The average Bonchev–Trinajstić information content (AvgIpc) is 2.89. The fourth-order valence-electron chi connectivity index (χ4n) is 1.77. The van der Waals surface area contributed by atoms with E-state index in [1.54, 1.807) is 17.4 Å². The van der Waals surface area contributed by atoms with E-state index in [1.807, 2.05) is 17.8 Å². The summed E-state index contributed by atoms with van der Waals surface area (Å²) < 4.78 is 11.0. The lowest BCUT2D eigenvalue weighted by Crippen LogP contribution is -2.16. The fraction of sp³-hybridized carbons (Fsp3) is 0.250. The molecule has 6 heteroatoms. The van der Waals surface area contributed by atoms with E-state index in [1.165, 1.54) is 0 Å². The van der Waals surface area contributed by atoms with Crippen molar-refractivity contribution >= 4 is 22.7 Å². The maximum absolute atomic E-state index is 5.97. The van der Waals surface area contributed by atoms with Gasteiger partial charge >= 0.3 is 0 Å². The minimum atomic E-state index is 0.570. The minimum absolute atomic E-state index is 0.570. The standard InChI is InChI=1S/C12H13N3O2S/c13-9-3-11-12(17-2-1-16-11)4-10(9)15-6-8-5-14-7-18-8/h3-5,7,15H,1-2,6,13H2. The number of hydrogen-bond donors (Lipinski definition) is 2. The van der Waals surface area contributed by atoms with E-state index >= 15 is 0 Å². The average molecular weight is 263 g/mol. The number of ether oxygens (including phenoxy) is 2. The molecule has 94 valence electrons. The Morgan fingerprint density at radius 2 is 2.06 bits per heavy atom. The number of nitrogens with one attached hydrogen (secondary N) is 1. The van der Waals surface area contributed by atoms with Crippen LogP contribution in [0.25, 0.3) is 0 Å². The molecule has 2 heterocycles. The molecule has 0 fully saturated rings. The number of rotatable bonds is 3. The smallest absolute Gasteiger partial charge is 0.163 e. The minimum Gasteiger partial charge on any atom is -0.486 e. The molecule has 0 saturated carbocycles. The Balaban J connectivity index is 1.79. The molecule has 3 N–H and O–H groups in total. The van der Waals surface area contributed by atoms with Gasteiger partial charge in [-0.05, 0) is 0 Å². The molecule has 18 heavy (non-hydrogen) atoms. The fourth-order valence-corrected chi connectivity index (χ4v) is 2.30. The van der Waals surface area contributed by atoms with E-state index in [9.17, 15) is 0 Å². The van der Waals surface area contributed by atoms with E-state index in [0.29, 0.717) is 31.2 Å². The predicted octanol–water partition coefficient (Wildman–Crippen LogP) is 2.11. The van der Waals surface area contributed by atoms with Gasteiger partial charge in [-0.1, -0.05) is 0 Å². The van der Waals surface area contributed by atoms with Crippen LogP contribution in [0.4, 0.5) is 11.4 Å². The summed E-state index contributed by atoms with van der Waals surface area (Å²) in [5.74, 6) is 1.45. The van der Waals surface area contributed by atoms with Gasteiger partial charge in [0.2, 0.25) is 0 Å². The molecule has 1 aromatic carbocycles. The molecule has 0 radical (unpaired) electrons. The lowest BCUT2D eigenvalue weighted by molar-refractivity contribution is 0.172. The molecule has 0 spiro atoms. The summed E-state index contributed by atoms with van der Waals surface area (Å²) in [4.78, 5) is 5.19. The summed E-state index contributed by atoms with van der Waals surface area (Å²) in [5.41, 5.74) is 9.29. The van der Waals surface area contributed by atoms with Crippen LogP contribution in [0.3, 0.4) is 0 Å². The molecule has 2 aromatic rings. The molecule has 0 bridgehead atoms. The highest BCUT2D eigenvalue weighted by Gasteiger charge is 2.14. The topological polar surface area (TPSA) is 69.4 Å². The molecule has 1 aromatic heterocycles. The Hall–Kier alpha value is -1.95. The summed E-state index contributed by atoms with van der Waals surface area (Å²) in [6.07, 6.45) is 1.84. The number of hydrogen-bond acceptors (Lipinski definition) is 6. The third-order valence-electron chi connectivity index (χ3n) is 2.65. The Morgan fingerprint density at radius 3 is 2.78 bits per heavy atom. The van der Waals surface area contributed by atoms with Gasteiger partial charge < -0.3 is 20.5 Å². The maximum Gasteiger partial charge on any atom is 0.163 e. The molecule has 0 saturated heterocycles. The zero-order valence-corrected chi connectivity index (χ0v) is 10.5. The maximum atomic E-state index is 5.97. The summed E-state index contributed by atoms with van der Waals surface area (Å²) in [6.45, 7) is 1.85. The van der Waals surface area contributed by atoms with Gasteiger partial charge in [0.1, 0.15) is 13.2 Å². The van der Waals surface area contributed by atoms with Crippen molar-refractivity contribution in [1.82, 2.24) is 4.98 Å². The second-order valence-electron chi connectivity index (χ2n) is 3.90. The molecular weight excluding hydrogens is 250 g/mol. The molecule has 0 unspecified atom stereocenters. The van der Waals surface area contributed by atoms with Crippen LogP contribution in [0.1, 0.15) is 4.88 Å². The first-order valence-corrected chi connectivity index (χ1v) is 6.51. The van der Waals surface area contributed by atoms with Crippen LogP contribution in [-0.4, -0.2) is 18.2 Å². The van der Waals surface area contributed by atoms with Gasteiger partial charge in [0.05, 0.1) is 23.4 Å². The van der Waals surface area contributed by atoms with Crippen LogP contribution in [0.15, 0.2) is 23.8 Å². The molecule has 5 nitrogen and oxygen atoms in total. The van der Waals surface area contributed by atoms with Crippen LogP contribution < -0.4 is 20.5 Å². The van der Waals surface area contributed by atoms with Crippen molar-refractivity contribution in [1.29, 1.82) is 0 Å². The number of nitrogen functional groups attached to an aromatic ring is 1. The van der Waals surface area contributed by atoms with Crippen LogP contribution in [0.2, 0.25) is 0 Å². The van der Waals surface area contributed by atoms with Crippen LogP contribution in [0.5, 0.6) is 11.5 Å². The monoisotopic (exact) mass is 263 g/mol. The lowest BCUT2D eigenvalue weighted by atomic mass is 10.2. The Labute approximate surface area is 109 Å². The lowest BCUT2D eigenvalue weighted by Gasteiger charge is -2.20. The predicted molar refractivity (Wildman–Crippen MR) is 71.3 cm³/mol. The quantitative estimate of drug-likeness (QED) is 0.830. The van der Waals surface area contributed by atoms with Gasteiger partial charge in [0.25, 0.3) is 0 Å². The summed E-state index contributed by atoms with van der Waals surface area (Å²) in [6, 6.07) is 3.67. The normalized spacial score (nSPS) is 13.3. The van der Waals surface area contributed by atoms with Gasteiger partial charge in [-0.25, -0.2) is 0 Å². The first kappa shape index (κ1) is 11.2. The summed E-state index contributed by atoms with van der Waals surface area (Å²) >= 11 is 1.61. The Bertz CT molecular complexity index is 543. The number of thiazole rings is 1. The highest BCUT2D eigenvalue weighted by molar-refractivity contribution is 7.09. The van der Waals surface area contributed by atoms with E-state index in [2.05, 4.69) is 10.3 Å². The third kappa shape index (κ3) is 2.19. The zero-order valence-electron chi connectivity index (χ0n) is 9.68. The van der Waals surface area contributed by atoms with E-state index in [0.717, 1.165) is 16.3 Å². The van der Waals surface area contributed by atoms with Crippen LogP contribution in [0, 0.1) is 0 Å². The van der Waals surface area contributed by atoms with Crippen molar-refractivity contribution in [3.05, 3.63) is 28.7 Å². The SMILES string of the molecule is Nc1cc2c(cc1NCc1cncs1)OCCO2. The highest BCUT2D eigenvalue weighted by Crippen LogP contribution is 2.37.